The van der Waals surface area contributed by atoms with Gasteiger partial charge in [0.25, 0.3) is 0 Å². The minimum absolute atomic E-state index is 0.132. The number of hydrogen-bond acceptors (Lipinski definition) is 6. The fourth-order valence-corrected chi connectivity index (χ4v) is 4.50. The number of carbonyl (C=O) groups excluding carboxylic acids is 2. The number of para-hydroxylation sites is 1. The van der Waals surface area contributed by atoms with E-state index in [-0.39, 0.29) is 18.5 Å². The fourth-order valence-electron chi connectivity index (χ4n) is 4.50. The molecule has 0 aliphatic carbocycles. The van der Waals surface area contributed by atoms with Crippen LogP contribution in [0, 0.1) is 13.8 Å². The van der Waals surface area contributed by atoms with Crippen LogP contribution in [-0.4, -0.2) is 58.0 Å². The molecule has 1 aromatic heterocycles. The molecule has 2 unspecified atom stereocenters. The Morgan fingerprint density at radius 3 is 2.32 bits per heavy atom. The van der Waals surface area contributed by atoms with Crippen molar-refractivity contribution in [1.29, 1.82) is 0 Å². The number of carboxylic acid groups (broad SMARTS) is 1. The Morgan fingerprint density at radius 1 is 1.09 bits per heavy atom. The van der Waals surface area contributed by atoms with Crippen molar-refractivity contribution >= 4 is 24.0 Å². The summed E-state index contributed by atoms with van der Waals surface area (Å²) in [6.07, 6.45) is -1.19. The lowest BCUT2D eigenvalue weighted by Crippen LogP contribution is -2.60. The molecule has 0 saturated carbocycles. The standard InChI is InChI=1S/C25H24N4O5/c1-16-13-17(2)27-24(26-16)34-22(23(32)33)25(18-9-5-4-6-10-18)19-11-7-8-12-20(19)28(3)21(31)14-29(25)15-30/h4-13,15,22H,14H2,1-3H3,(H,32,33). The number of anilines is 1. The second-order valence-electron chi connectivity index (χ2n) is 8.11. The summed E-state index contributed by atoms with van der Waals surface area (Å²) in [5, 5.41) is 10.5. The van der Waals surface area contributed by atoms with Crippen molar-refractivity contribution in [2.75, 3.05) is 18.5 Å². The third kappa shape index (κ3) is 3.75. The highest BCUT2D eigenvalue weighted by Gasteiger charge is 2.56. The van der Waals surface area contributed by atoms with E-state index in [1.165, 1.54) is 9.80 Å². The number of hydrogen-bond donors (Lipinski definition) is 1. The third-order valence-electron chi connectivity index (χ3n) is 5.94. The quantitative estimate of drug-likeness (QED) is 0.562. The molecule has 34 heavy (non-hydrogen) atoms. The molecule has 0 fully saturated rings. The van der Waals surface area contributed by atoms with Crippen LogP contribution in [-0.2, 0) is 19.9 Å². The Kier molecular flexibility index (Phi) is 6.02. The summed E-state index contributed by atoms with van der Waals surface area (Å²) in [4.78, 5) is 49.5. The number of rotatable bonds is 6. The third-order valence-corrected chi connectivity index (χ3v) is 5.94. The van der Waals surface area contributed by atoms with E-state index in [0.29, 0.717) is 34.6 Å². The second kappa shape index (κ2) is 8.93. The number of aromatic nitrogens is 2. The fraction of sp³-hybridized carbons (Fsp3) is 0.240. The van der Waals surface area contributed by atoms with Crippen LogP contribution < -0.4 is 9.64 Å². The predicted molar refractivity (Wildman–Crippen MR) is 123 cm³/mol. The topological polar surface area (TPSA) is 113 Å². The van der Waals surface area contributed by atoms with Crippen LogP contribution in [0.5, 0.6) is 6.01 Å². The number of likely N-dealkylation sites (N-methyl/N-ethyl adjacent to an activating group) is 1. The van der Waals surface area contributed by atoms with E-state index >= 15 is 0 Å². The van der Waals surface area contributed by atoms with Gasteiger partial charge in [-0.3, -0.25) is 9.59 Å². The van der Waals surface area contributed by atoms with E-state index in [1.807, 2.05) is 0 Å². The number of ether oxygens (including phenoxy) is 1. The summed E-state index contributed by atoms with van der Waals surface area (Å²) in [6.45, 7) is 3.14. The van der Waals surface area contributed by atoms with Crippen LogP contribution >= 0.6 is 0 Å². The average Bonchev–Trinajstić information content (AvgIpc) is 2.91. The zero-order chi connectivity index (χ0) is 24.5. The minimum Gasteiger partial charge on any atom is -0.478 e. The average molecular weight is 460 g/mol. The number of aryl methyl sites for hydroxylation is 2. The number of nitrogens with zero attached hydrogens (tertiary/aromatic N) is 4. The number of amides is 2. The second-order valence-corrected chi connectivity index (χ2v) is 8.11. The molecule has 2 amide bonds. The Bertz CT molecular complexity index is 1230. The van der Waals surface area contributed by atoms with Gasteiger partial charge >= 0.3 is 12.0 Å². The van der Waals surface area contributed by atoms with Gasteiger partial charge in [-0.2, -0.15) is 0 Å². The summed E-state index contributed by atoms with van der Waals surface area (Å²) in [5.41, 5.74) is 0.866. The summed E-state index contributed by atoms with van der Waals surface area (Å²) in [7, 11) is 1.59. The first-order chi connectivity index (χ1) is 16.3. The number of carbonyl (C=O) groups is 3. The molecule has 0 bridgehead atoms. The first-order valence-corrected chi connectivity index (χ1v) is 10.6. The SMILES string of the molecule is Cc1cc(C)nc(OC(C(=O)O)C2(c3ccccc3)c3ccccc3N(C)C(=O)CN2C=O)n1. The van der Waals surface area contributed by atoms with Gasteiger partial charge in [-0.05, 0) is 31.5 Å². The van der Waals surface area contributed by atoms with E-state index in [4.69, 9.17) is 4.74 Å². The maximum atomic E-state index is 13.0. The predicted octanol–water partition coefficient (Wildman–Crippen LogP) is 2.30. The Hall–Kier alpha value is -4.27. The summed E-state index contributed by atoms with van der Waals surface area (Å²) in [6, 6.07) is 17.2. The highest BCUT2D eigenvalue weighted by molar-refractivity contribution is 5.98. The molecule has 9 heteroatoms. The van der Waals surface area contributed by atoms with Gasteiger partial charge in [0.2, 0.25) is 18.4 Å². The monoisotopic (exact) mass is 460 g/mol. The minimum atomic E-state index is -1.70. The zero-order valence-electron chi connectivity index (χ0n) is 19.0. The highest BCUT2D eigenvalue weighted by atomic mass is 16.5. The van der Waals surface area contributed by atoms with Crippen LogP contribution in [0.15, 0.2) is 60.7 Å². The Labute approximate surface area is 196 Å². The van der Waals surface area contributed by atoms with Crippen molar-refractivity contribution in [3.63, 3.8) is 0 Å². The normalized spacial score (nSPS) is 18.6. The maximum absolute atomic E-state index is 13.0. The molecule has 2 atom stereocenters. The van der Waals surface area contributed by atoms with Crippen LogP contribution in [0.4, 0.5) is 5.69 Å². The lowest BCUT2D eigenvalue weighted by Gasteiger charge is -2.44. The number of fused-ring (bicyclic) bond motifs is 1. The maximum Gasteiger partial charge on any atom is 0.348 e. The number of benzene rings is 2. The van der Waals surface area contributed by atoms with E-state index < -0.39 is 17.6 Å². The molecule has 0 radical (unpaired) electrons. The van der Waals surface area contributed by atoms with Gasteiger partial charge in [-0.15, -0.1) is 0 Å². The first kappa shape index (κ1) is 22.9. The smallest absolute Gasteiger partial charge is 0.348 e. The largest absolute Gasteiger partial charge is 0.478 e. The molecular weight excluding hydrogens is 436 g/mol. The molecular formula is C25H24N4O5. The molecule has 1 N–H and O–H groups in total. The van der Waals surface area contributed by atoms with E-state index in [2.05, 4.69) is 9.97 Å². The number of carboxylic acids is 1. The van der Waals surface area contributed by atoms with Crippen molar-refractivity contribution in [3.8, 4) is 6.01 Å². The van der Waals surface area contributed by atoms with Gasteiger partial charge in [0.1, 0.15) is 12.1 Å². The molecule has 1 aliphatic rings. The molecule has 0 saturated heterocycles. The van der Waals surface area contributed by atoms with Crippen molar-refractivity contribution in [1.82, 2.24) is 14.9 Å². The number of aliphatic carboxylic acids is 1. The van der Waals surface area contributed by atoms with Crippen LogP contribution in [0.25, 0.3) is 0 Å². The summed E-state index contributed by atoms with van der Waals surface area (Å²) < 4.78 is 6.00. The molecule has 4 rings (SSSR count). The molecule has 3 aromatic rings. The van der Waals surface area contributed by atoms with Gasteiger partial charge in [0.15, 0.2) is 0 Å². The summed E-state index contributed by atoms with van der Waals surface area (Å²) >= 11 is 0. The van der Waals surface area contributed by atoms with Crippen molar-refractivity contribution < 1.29 is 24.2 Å². The molecule has 9 nitrogen and oxygen atoms in total. The summed E-state index contributed by atoms with van der Waals surface area (Å²) in [5.74, 6) is -1.71. The zero-order valence-corrected chi connectivity index (χ0v) is 19.0. The van der Waals surface area contributed by atoms with Gasteiger partial charge in [-0.1, -0.05) is 48.5 Å². The van der Waals surface area contributed by atoms with Crippen LogP contribution in [0.1, 0.15) is 22.5 Å². The van der Waals surface area contributed by atoms with E-state index in [9.17, 15) is 19.5 Å². The van der Waals surface area contributed by atoms with Gasteiger partial charge in [0, 0.05) is 29.7 Å². The molecule has 2 heterocycles. The van der Waals surface area contributed by atoms with Gasteiger partial charge < -0.3 is 19.6 Å². The molecule has 2 aromatic carbocycles. The van der Waals surface area contributed by atoms with Crippen LogP contribution in [0.2, 0.25) is 0 Å². The molecule has 1 aliphatic heterocycles. The van der Waals surface area contributed by atoms with Gasteiger partial charge in [0.05, 0.1) is 0 Å². The van der Waals surface area contributed by atoms with Crippen molar-refractivity contribution in [2.24, 2.45) is 0 Å². The lowest BCUT2D eigenvalue weighted by atomic mass is 9.76. The Morgan fingerprint density at radius 2 is 1.71 bits per heavy atom. The van der Waals surface area contributed by atoms with E-state index in [0.717, 1.165) is 0 Å². The highest BCUT2D eigenvalue weighted by Crippen LogP contribution is 2.45. The van der Waals surface area contributed by atoms with Crippen molar-refractivity contribution in [2.45, 2.75) is 25.5 Å². The van der Waals surface area contributed by atoms with Crippen LogP contribution in [0.3, 0.4) is 0 Å². The first-order valence-electron chi connectivity index (χ1n) is 10.6. The lowest BCUT2D eigenvalue weighted by molar-refractivity contribution is -0.155. The molecule has 174 valence electrons. The Balaban J connectivity index is 2.08. The molecule has 0 spiro atoms. The van der Waals surface area contributed by atoms with Crippen molar-refractivity contribution in [3.05, 3.63) is 83.2 Å². The van der Waals surface area contributed by atoms with Gasteiger partial charge in [-0.25, -0.2) is 14.8 Å². The van der Waals surface area contributed by atoms with E-state index in [1.54, 1.807) is 81.6 Å².